The Morgan fingerprint density at radius 3 is 2.42 bits per heavy atom. The summed E-state index contributed by atoms with van der Waals surface area (Å²) in [5.41, 5.74) is 1.87. The van der Waals surface area contributed by atoms with E-state index in [-0.39, 0.29) is 17.4 Å². The molecule has 1 aromatic heterocycles. The minimum Gasteiger partial charge on any atom is -0.359 e. The third-order valence-corrected chi connectivity index (χ3v) is 7.24. The molecule has 7 nitrogen and oxygen atoms in total. The van der Waals surface area contributed by atoms with Gasteiger partial charge in [-0.2, -0.15) is 4.31 Å². The zero-order chi connectivity index (χ0) is 21.7. The van der Waals surface area contributed by atoms with Crippen molar-refractivity contribution in [3.8, 4) is 0 Å². The van der Waals surface area contributed by atoms with Gasteiger partial charge in [0.25, 0.3) is 5.91 Å². The first-order chi connectivity index (χ1) is 15.0. The molecule has 0 spiro atoms. The highest BCUT2D eigenvalue weighted by molar-refractivity contribution is 7.88. The molecule has 1 fully saturated rings. The van der Waals surface area contributed by atoms with Crippen molar-refractivity contribution in [1.82, 2.24) is 14.8 Å². The van der Waals surface area contributed by atoms with Crippen LogP contribution in [0.15, 0.2) is 71.3 Å². The predicted molar refractivity (Wildman–Crippen MR) is 116 cm³/mol. The van der Waals surface area contributed by atoms with Crippen molar-refractivity contribution in [3.05, 3.63) is 89.3 Å². The van der Waals surface area contributed by atoms with Crippen LogP contribution in [0.1, 0.15) is 52.7 Å². The van der Waals surface area contributed by atoms with Gasteiger partial charge in [0, 0.05) is 19.2 Å². The van der Waals surface area contributed by atoms with Gasteiger partial charge in [-0.05, 0) is 24.0 Å². The van der Waals surface area contributed by atoms with E-state index in [1.807, 2.05) is 48.5 Å². The average molecular weight is 440 g/mol. The first kappa shape index (κ1) is 21.3. The molecule has 2 aromatic carbocycles. The molecule has 1 aliphatic rings. The lowest BCUT2D eigenvalue weighted by Crippen LogP contribution is -2.39. The summed E-state index contributed by atoms with van der Waals surface area (Å²) in [6, 6.07) is 19.8. The van der Waals surface area contributed by atoms with E-state index in [9.17, 15) is 13.2 Å². The summed E-state index contributed by atoms with van der Waals surface area (Å²) in [5, 5.41) is 6.71. The highest BCUT2D eigenvalue weighted by atomic mass is 32.2. The predicted octanol–water partition coefficient (Wildman–Crippen LogP) is 3.66. The molecule has 1 atom stereocenters. The van der Waals surface area contributed by atoms with Gasteiger partial charge in [-0.25, -0.2) is 8.42 Å². The van der Waals surface area contributed by atoms with Crippen molar-refractivity contribution in [2.24, 2.45) is 0 Å². The van der Waals surface area contributed by atoms with E-state index in [2.05, 4.69) is 10.5 Å². The fourth-order valence-electron chi connectivity index (χ4n) is 3.81. The minimum atomic E-state index is -3.55. The summed E-state index contributed by atoms with van der Waals surface area (Å²) < 4.78 is 33.2. The van der Waals surface area contributed by atoms with Crippen LogP contribution in [0.5, 0.6) is 0 Å². The van der Waals surface area contributed by atoms with Crippen molar-refractivity contribution in [1.29, 1.82) is 0 Å². The summed E-state index contributed by atoms with van der Waals surface area (Å²) in [7, 11) is -3.55. The summed E-state index contributed by atoms with van der Waals surface area (Å²) in [4.78, 5) is 12.5. The van der Waals surface area contributed by atoms with E-state index < -0.39 is 16.1 Å². The Labute approximate surface area is 182 Å². The molecule has 3 aromatic rings. The van der Waals surface area contributed by atoms with Crippen LogP contribution in [0, 0.1) is 0 Å². The van der Waals surface area contributed by atoms with Crippen LogP contribution in [0.25, 0.3) is 0 Å². The van der Waals surface area contributed by atoms with Crippen LogP contribution in [0.3, 0.4) is 0 Å². The summed E-state index contributed by atoms with van der Waals surface area (Å²) in [5.74, 6) is -0.0161. The number of carbonyl (C=O) groups excluding carboxylic acids is 1. The van der Waals surface area contributed by atoms with Crippen LogP contribution in [0.2, 0.25) is 0 Å². The second-order valence-electron chi connectivity index (χ2n) is 7.65. The fraction of sp³-hybridized carbons (Fsp3) is 0.304. The highest BCUT2D eigenvalue weighted by Crippen LogP contribution is 2.34. The Hall–Kier alpha value is -2.97. The molecule has 1 N–H and O–H groups in total. The Kier molecular flexibility index (Phi) is 6.48. The van der Waals surface area contributed by atoms with Crippen molar-refractivity contribution in [3.63, 3.8) is 0 Å². The molecule has 1 aliphatic heterocycles. The molecular formula is C23H25N3O4S. The van der Waals surface area contributed by atoms with E-state index in [0.29, 0.717) is 25.3 Å². The zero-order valence-electron chi connectivity index (χ0n) is 17.1. The maximum atomic E-state index is 13.1. The van der Waals surface area contributed by atoms with Gasteiger partial charge >= 0.3 is 0 Å². The van der Waals surface area contributed by atoms with Crippen LogP contribution < -0.4 is 5.32 Å². The van der Waals surface area contributed by atoms with Crippen LogP contribution in [0.4, 0.5) is 0 Å². The van der Waals surface area contributed by atoms with Crippen LogP contribution in [-0.2, 0) is 22.3 Å². The smallest absolute Gasteiger partial charge is 0.273 e. The number of rotatable bonds is 7. The lowest BCUT2D eigenvalue weighted by Gasteiger charge is -2.33. The number of piperidine rings is 1. The summed E-state index contributed by atoms with van der Waals surface area (Å²) in [6.07, 6.45) is 2.32. The van der Waals surface area contributed by atoms with Gasteiger partial charge in [-0.3, -0.25) is 4.79 Å². The van der Waals surface area contributed by atoms with Gasteiger partial charge in [0.2, 0.25) is 10.0 Å². The van der Waals surface area contributed by atoms with E-state index in [1.54, 1.807) is 18.2 Å². The first-order valence-corrected chi connectivity index (χ1v) is 12.0. The number of hydrogen-bond acceptors (Lipinski definition) is 5. The monoisotopic (exact) mass is 439 g/mol. The number of nitrogens with zero attached hydrogens (tertiary/aromatic N) is 2. The molecule has 1 saturated heterocycles. The van der Waals surface area contributed by atoms with Gasteiger partial charge in [0.05, 0.1) is 11.8 Å². The molecule has 162 valence electrons. The van der Waals surface area contributed by atoms with Crippen LogP contribution >= 0.6 is 0 Å². The van der Waals surface area contributed by atoms with Crippen molar-refractivity contribution < 1.29 is 17.7 Å². The van der Waals surface area contributed by atoms with Crippen molar-refractivity contribution in [2.75, 3.05) is 6.54 Å². The van der Waals surface area contributed by atoms with Crippen molar-refractivity contribution >= 4 is 15.9 Å². The number of sulfonamides is 1. The SMILES string of the molecule is O=C(NCc1ccccc1)c1cc(C2CCCCN2S(=O)(=O)Cc2ccccc2)on1. The second kappa shape index (κ2) is 9.45. The maximum Gasteiger partial charge on any atom is 0.273 e. The number of aromatic nitrogens is 1. The van der Waals surface area contributed by atoms with Crippen molar-refractivity contribution in [2.45, 2.75) is 37.6 Å². The summed E-state index contributed by atoms with van der Waals surface area (Å²) in [6.45, 7) is 0.805. The Morgan fingerprint density at radius 2 is 1.71 bits per heavy atom. The molecule has 1 amide bonds. The maximum absolute atomic E-state index is 13.1. The molecule has 8 heteroatoms. The van der Waals surface area contributed by atoms with Gasteiger partial charge in [0.1, 0.15) is 0 Å². The van der Waals surface area contributed by atoms with E-state index in [4.69, 9.17) is 4.52 Å². The normalized spacial score (nSPS) is 17.4. The topological polar surface area (TPSA) is 92.5 Å². The zero-order valence-corrected chi connectivity index (χ0v) is 17.9. The quantitative estimate of drug-likeness (QED) is 0.606. The fourth-order valence-corrected chi connectivity index (χ4v) is 5.60. The van der Waals surface area contributed by atoms with Gasteiger partial charge in [0.15, 0.2) is 11.5 Å². The molecule has 0 aliphatic carbocycles. The number of benzene rings is 2. The molecule has 31 heavy (non-hydrogen) atoms. The van der Waals surface area contributed by atoms with Gasteiger partial charge in [-0.1, -0.05) is 72.2 Å². The second-order valence-corrected chi connectivity index (χ2v) is 9.57. The van der Waals surface area contributed by atoms with Crippen LogP contribution in [-0.4, -0.2) is 30.3 Å². The minimum absolute atomic E-state index is 0.0666. The average Bonchev–Trinajstić information content (AvgIpc) is 3.29. The van der Waals surface area contributed by atoms with Gasteiger partial charge < -0.3 is 9.84 Å². The van der Waals surface area contributed by atoms with E-state index >= 15 is 0 Å². The Bertz CT molecular complexity index is 1110. The third kappa shape index (κ3) is 5.21. The number of nitrogens with one attached hydrogen (secondary N) is 1. The number of amides is 1. The van der Waals surface area contributed by atoms with E-state index in [1.165, 1.54) is 4.31 Å². The lowest BCUT2D eigenvalue weighted by molar-refractivity contribution is 0.0941. The number of carbonyl (C=O) groups is 1. The molecule has 0 saturated carbocycles. The summed E-state index contributed by atoms with van der Waals surface area (Å²) >= 11 is 0. The Morgan fingerprint density at radius 1 is 1.03 bits per heavy atom. The Balaban J connectivity index is 1.47. The lowest BCUT2D eigenvalue weighted by atomic mass is 10.0. The van der Waals surface area contributed by atoms with Gasteiger partial charge in [-0.15, -0.1) is 0 Å². The third-order valence-electron chi connectivity index (χ3n) is 5.39. The highest BCUT2D eigenvalue weighted by Gasteiger charge is 2.36. The molecule has 0 radical (unpaired) electrons. The standard InChI is InChI=1S/C23H25N3O4S/c27-23(24-16-18-9-3-1-4-10-18)20-15-22(30-25-20)21-13-7-8-14-26(21)31(28,29)17-19-11-5-2-6-12-19/h1-6,9-12,15,21H,7-8,13-14,16-17H2,(H,24,27). The molecular weight excluding hydrogens is 414 g/mol. The largest absolute Gasteiger partial charge is 0.359 e. The van der Waals surface area contributed by atoms with E-state index in [0.717, 1.165) is 24.0 Å². The molecule has 4 rings (SSSR count). The first-order valence-electron chi connectivity index (χ1n) is 10.3. The molecule has 0 bridgehead atoms. The number of hydrogen-bond donors (Lipinski definition) is 1. The molecule has 1 unspecified atom stereocenters. The molecule has 2 heterocycles.